The summed E-state index contributed by atoms with van der Waals surface area (Å²) < 4.78 is 10.8. The average molecular weight is 418 g/mol. The Kier molecular flexibility index (Phi) is 6.41. The summed E-state index contributed by atoms with van der Waals surface area (Å²) in [5.74, 6) is 2.11. The van der Waals surface area contributed by atoms with Crippen molar-refractivity contribution in [3.63, 3.8) is 0 Å². The van der Waals surface area contributed by atoms with E-state index in [0.29, 0.717) is 29.6 Å². The first-order valence-corrected chi connectivity index (χ1v) is 10.7. The third kappa shape index (κ3) is 4.39. The van der Waals surface area contributed by atoms with Crippen LogP contribution in [-0.2, 0) is 4.79 Å². The van der Waals surface area contributed by atoms with Crippen molar-refractivity contribution in [3.05, 3.63) is 34.5 Å². The lowest BCUT2D eigenvalue weighted by atomic mass is 10.2. The molecule has 28 heavy (non-hydrogen) atoms. The first kappa shape index (κ1) is 20.4. The van der Waals surface area contributed by atoms with Gasteiger partial charge in [0.2, 0.25) is 5.91 Å². The predicted molar refractivity (Wildman–Crippen MR) is 115 cm³/mol. The molecular weight excluding hydrogens is 394 g/mol. The van der Waals surface area contributed by atoms with Crippen LogP contribution in [0.3, 0.4) is 0 Å². The maximum Gasteiger partial charge on any atom is 0.234 e. The van der Waals surface area contributed by atoms with Gasteiger partial charge >= 0.3 is 0 Å². The Labute approximate surface area is 172 Å². The summed E-state index contributed by atoms with van der Waals surface area (Å²) in [5, 5.41) is 4.80. The van der Waals surface area contributed by atoms with Crippen LogP contribution in [0.15, 0.2) is 23.2 Å². The highest BCUT2D eigenvalue weighted by atomic mass is 32.2. The molecule has 1 aromatic carbocycles. The molecule has 0 unspecified atom stereocenters. The summed E-state index contributed by atoms with van der Waals surface area (Å²) >= 11 is 3.09. The number of carbonyl (C=O) groups excluding carboxylic acids is 1. The molecule has 0 atom stereocenters. The van der Waals surface area contributed by atoms with Crippen molar-refractivity contribution in [2.45, 2.75) is 32.7 Å². The van der Waals surface area contributed by atoms with Gasteiger partial charge in [0.1, 0.15) is 15.7 Å². The van der Waals surface area contributed by atoms with Gasteiger partial charge in [0.15, 0.2) is 11.5 Å². The first-order chi connectivity index (χ1) is 13.4. The Morgan fingerprint density at radius 3 is 2.71 bits per heavy atom. The molecule has 148 valence electrons. The molecule has 1 amide bonds. The number of ether oxygens (including phenoxy) is 2. The fourth-order valence-corrected chi connectivity index (χ4v) is 4.84. The highest BCUT2D eigenvalue weighted by molar-refractivity contribution is 8.00. The van der Waals surface area contributed by atoms with Gasteiger partial charge in [-0.3, -0.25) is 4.79 Å². The SMILES string of the molecule is CCOc1ccc(NC(=O)CSc2nc(C)nc3sc(C)c(C)c23)cc1OC. The standard InChI is InChI=1S/C20H23N3O3S2/c1-6-26-15-8-7-14(9-16(15)25-5)23-17(24)10-27-19-18-11(2)12(3)28-20(18)22-13(4)21-19/h7-9H,6,10H2,1-5H3,(H,23,24). The van der Waals surface area contributed by atoms with Gasteiger partial charge in [-0.2, -0.15) is 0 Å². The second kappa shape index (κ2) is 8.79. The van der Waals surface area contributed by atoms with Crippen LogP contribution in [0, 0.1) is 20.8 Å². The number of carbonyl (C=O) groups is 1. The molecule has 1 N–H and O–H groups in total. The summed E-state index contributed by atoms with van der Waals surface area (Å²) in [7, 11) is 1.58. The van der Waals surface area contributed by atoms with Gasteiger partial charge in [0.25, 0.3) is 0 Å². The van der Waals surface area contributed by atoms with Crippen molar-refractivity contribution in [2.75, 3.05) is 24.8 Å². The van der Waals surface area contributed by atoms with E-state index in [1.54, 1.807) is 36.6 Å². The van der Waals surface area contributed by atoms with Crippen LogP contribution in [0.1, 0.15) is 23.2 Å². The van der Waals surface area contributed by atoms with Crippen LogP contribution in [0.5, 0.6) is 11.5 Å². The Bertz CT molecular complexity index is 1020. The molecule has 2 heterocycles. The summed E-state index contributed by atoms with van der Waals surface area (Å²) in [4.78, 5) is 23.7. The fraction of sp³-hybridized carbons (Fsp3) is 0.350. The third-order valence-corrected chi connectivity index (χ3v) is 6.27. The average Bonchev–Trinajstić information content (AvgIpc) is 2.94. The molecule has 6 nitrogen and oxygen atoms in total. The van der Waals surface area contributed by atoms with E-state index >= 15 is 0 Å². The van der Waals surface area contributed by atoms with Crippen molar-refractivity contribution < 1.29 is 14.3 Å². The van der Waals surface area contributed by atoms with Gasteiger partial charge < -0.3 is 14.8 Å². The molecule has 0 saturated carbocycles. The smallest absolute Gasteiger partial charge is 0.234 e. The number of aryl methyl sites for hydroxylation is 3. The van der Waals surface area contributed by atoms with E-state index in [4.69, 9.17) is 9.47 Å². The van der Waals surface area contributed by atoms with E-state index in [1.165, 1.54) is 22.2 Å². The van der Waals surface area contributed by atoms with Crippen molar-refractivity contribution in [1.82, 2.24) is 9.97 Å². The lowest BCUT2D eigenvalue weighted by Gasteiger charge is -2.12. The number of thioether (sulfide) groups is 1. The third-order valence-electron chi connectivity index (χ3n) is 4.19. The van der Waals surface area contributed by atoms with Gasteiger partial charge in [-0.15, -0.1) is 11.3 Å². The minimum atomic E-state index is -0.106. The molecule has 2 aromatic heterocycles. The molecule has 0 radical (unpaired) electrons. The topological polar surface area (TPSA) is 73.3 Å². The Hall–Kier alpha value is -2.32. The summed E-state index contributed by atoms with van der Waals surface area (Å²) in [6.45, 7) is 8.49. The van der Waals surface area contributed by atoms with Gasteiger partial charge in [0.05, 0.1) is 19.5 Å². The van der Waals surface area contributed by atoms with E-state index < -0.39 is 0 Å². The molecule has 0 spiro atoms. The second-order valence-electron chi connectivity index (χ2n) is 6.17. The number of methoxy groups -OCH3 is 1. The summed E-state index contributed by atoms with van der Waals surface area (Å²) in [6, 6.07) is 5.35. The summed E-state index contributed by atoms with van der Waals surface area (Å²) in [5.41, 5.74) is 1.84. The predicted octanol–water partition coefficient (Wildman–Crippen LogP) is 4.75. The minimum Gasteiger partial charge on any atom is -0.493 e. The number of fused-ring (bicyclic) bond motifs is 1. The van der Waals surface area contributed by atoms with E-state index in [0.717, 1.165) is 15.2 Å². The fourth-order valence-electron chi connectivity index (χ4n) is 2.77. The van der Waals surface area contributed by atoms with Crippen molar-refractivity contribution in [1.29, 1.82) is 0 Å². The van der Waals surface area contributed by atoms with Gasteiger partial charge in [-0.05, 0) is 45.4 Å². The van der Waals surface area contributed by atoms with Crippen LogP contribution in [0.25, 0.3) is 10.2 Å². The van der Waals surface area contributed by atoms with Crippen LogP contribution < -0.4 is 14.8 Å². The summed E-state index contributed by atoms with van der Waals surface area (Å²) in [6.07, 6.45) is 0. The molecule has 3 aromatic rings. The van der Waals surface area contributed by atoms with Gasteiger partial charge in [-0.1, -0.05) is 11.8 Å². The lowest BCUT2D eigenvalue weighted by molar-refractivity contribution is -0.113. The van der Waals surface area contributed by atoms with E-state index in [9.17, 15) is 4.79 Å². The van der Waals surface area contributed by atoms with Crippen molar-refractivity contribution >= 4 is 44.9 Å². The van der Waals surface area contributed by atoms with E-state index in [1.807, 2.05) is 13.8 Å². The van der Waals surface area contributed by atoms with Gasteiger partial charge in [-0.25, -0.2) is 9.97 Å². The number of hydrogen-bond acceptors (Lipinski definition) is 7. The van der Waals surface area contributed by atoms with Crippen LogP contribution in [0.4, 0.5) is 5.69 Å². The van der Waals surface area contributed by atoms with Crippen LogP contribution in [0.2, 0.25) is 0 Å². The number of nitrogens with one attached hydrogen (secondary N) is 1. The molecule has 0 aliphatic carbocycles. The number of rotatable bonds is 7. The minimum absolute atomic E-state index is 0.106. The Morgan fingerprint density at radius 2 is 2.00 bits per heavy atom. The molecule has 0 bridgehead atoms. The number of amides is 1. The Morgan fingerprint density at radius 1 is 1.21 bits per heavy atom. The molecule has 0 fully saturated rings. The quantitative estimate of drug-likeness (QED) is 0.442. The molecule has 0 saturated heterocycles. The molecule has 0 aliphatic rings. The number of thiophene rings is 1. The van der Waals surface area contributed by atoms with Crippen molar-refractivity contribution in [3.8, 4) is 11.5 Å². The Balaban J connectivity index is 1.72. The number of hydrogen-bond donors (Lipinski definition) is 1. The zero-order valence-corrected chi connectivity index (χ0v) is 18.2. The monoisotopic (exact) mass is 417 g/mol. The molecule has 0 aliphatic heterocycles. The zero-order valence-electron chi connectivity index (χ0n) is 16.6. The van der Waals surface area contributed by atoms with E-state index in [2.05, 4.69) is 29.1 Å². The number of benzene rings is 1. The zero-order chi connectivity index (χ0) is 20.3. The maximum absolute atomic E-state index is 12.5. The number of aromatic nitrogens is 2. The highest BCUT2D eigenvalue weighted by Gasteiger charge is 2.15. The van der Waals surface area contributed by atoms with Crippen molar-refractivity contribution in [2.24, 2.45) is 0 Å². The number of anilines is 1. The van der Waals surface area contributed by atoms with Crippen LogP contribution >= 0.6 is 23.1 Å². The molecule has 8 heteroatoms. The second-order valence-corrected chi connectivity index (χ2v) is 8.34. The van der Waals surface area contributed by atoms with E-state index in [-0.39, 0.29) is 11.7 Å². The van der Waals surface area contributed by atoms with Gasteiger partial charge in [0, 0.05) is 22.0 Å². The molecular formula is C20H23N3O3S2. The number of nitrogens with zero attached hydrogens (tertiary/aromatic N) is 2. The van der Waals surface area contributed by atoms with Crippen LogP contribution in [-0.4, -0.2) is 35.3 Å². The normalized spacial score (nSPS) is 10.9. The molecule has 3 rings (SSSR count). The maximum atomic E-state index is 12.5. The lowest BCUT2D eigenvalue weighted by Crippen LogP contribution is -2.14. The highest BCUT2D eigenvalue weighted by Crippen LogP contribution is 2.35. The largest absolute Gasteiger partial charge is 0.493 e. The first-order valence-electron chi connectivity index (χ1n) is 8.90.